The van der Waals surface area contributed by atoms with Gasteiger partial charge in [-0.15, -0.1) is 0 Å². The topological polar surface area (TPSA) is 41.6 Å². The first-order chi connectivity index (χ1) is 8.65. The highest BCUT2D eigenvalue weighted by Gasteiger charge is 2.12. The number of halogens is 2. The van der Waals surface area contributed by atoms with Crippen LogP contribution >= 0.6 is 15.9 Å². The number of aromatic amines is 1. The van der Waals surface area contributed by atoms with E-state index in [1.807, 2.05) is 13.1 Å². The van der Waals surface area contributed by atoms with Gasteiger partial charge in [-0.05, 0) is 47.1 Å². The second kappa shape index (κ2) is 4.17. The summed E-state index contributed by atoms with van der Waals surface area (Å²) in [6, 6.07) is 6.30. The number of aromatic nitrogens is 3. The number of benzene rings is 1. The highest BCUT2D eigenvalue weighted by atomic mass is 79.9. The van der Waals surface area contributed by atoms with Crippen molar-refractivity contribution in [2.75, 3.05) is 0 Å². The highest BCUT2D eigenvalue weighted by molar-refractivity contribution is 9.10. The fourth-order valence-corrected chi connectivity index (χ4v) is 2.41. The highest BCUT2D eigenvalue weighted by Crippen LogP contribution is 2.31. The van der Waals surface area contributed by atoms with Crippen molar-refractivity contribution < 1.29 is 4.39 Å². The maximum absolute atomic E-state index is 13.0. The molecule has 0 aliphatic heterocycles. The van der Waals surface area contributed by atoms with E-state index in [2.05, 4.69) is 30.9 Å². The number of rotatable bonds is 1. The van der Waals surface area contributed by atoms with Gasteiger partial charge in [0.25, 0.3) is 0 Å². The lowest BCUT2D eigenvalue weighted by Gasteiger charge is -2.04. The first kappa shape index (κ1) is 11.3. The van der Waals surface area contributed by atoms with Crippen molar-refractivity contribution in [3.8, 4) is 11.3 Å². The largest absolute Gasteiger partial charge is 0.345 e. The van der Waals surface area contributed by atoms with Crippen molar-refractivity contribution in [3.63, 3.8) is 0 Å². The predicted octanol–water partition coefficient (Wildman–Crippen LogP) is 3.83. The molecule has 2 aromatic heterocycles. The molecule has 0 atom stereocenters. The first-order valence-electron chi connectivity index (χ1n) is 5.42. The molecule has 18 heavy (non-hydrogen) atoms. The maximum Gasteiger partial charge on any atom is 0.142 e. The van der Waals surface area contributed by atoms with Gasteiger partial charge in [-0.3, -0.25) is 0 Å². The van der Waals surface area contributed by atoms with Crippen LogP contribution in [0.1, 0.15) is 5.82 Å². The van der Waals surface area contributed by atoms with Gasteiger partial charge in [-0.25, -0.2) is 14.4 Å². The van der Waals surface area contributed by atoms with Crippen LogP contribution in [0.25, 0.3) is 22.3 Å². The van der Waals surface area contributed by atoms with Crippen molar-refractivity contribution in [3.05, 3.63) is 46.6 Å². The number of H-pyrrole nitrogens is 1. The van der Waals surface area contributed by atoms with Crippen molar-refractivity contribution in [1.82, 2.24) is 15.0 Å². The van der Waals surface area contributed by atoms with Crippen LogP contribution in [0.2, 0.25) is 0 Å². The molecule has 0 aliphatic rings. The average molecular weight is 306 g/mol. The lowest BCUT2D eigenvalue weighted by atomic mass is 10.1. The minimum Gasteiger partial charge on any atom is -0.345 e. The summed E-state index contributed by atoms with van der Waals surface area (Å²) in [5.41, 5.74) is 2.44. The lowest BCUT2D eigenvalue weighted by Crippen LogP contribution is -1.93. The summed E-state index contributed by atoms with van der Waals surface area (Å²) in [5, 5.41) is 0.909. The second-order valence-electron chi connectivity index (χ2n) is 3.99. The fraction of sp³-hybridized carbons (Fsp3) is 0.0769. The van der Waals surface area contributed by atoms with E-state index in [-0.39, 0.29) is 5.82 Å². The second-order valence-corrected chi connectivity index (χ2v) is 4.84. The third kappa shape index (κ3) is 1.80. The van der Waals surface area contributed by atoms with Gasteiger partial charge in [-0.1, -0.05) is 0 Å². The fourth-order valence-electron chi connectivity index (χ4n) is 1.92. The van der Waals surface area contributed by atoms with Crippen molar-refractivity contribution >= 4 is 27.0 Å². The summed E-state index contributed by atoms with van der Waals surface area (Å²) < 4.78 is 13.9. The monoisotopic (exact) mass is 305 g/mol. The standard InChI is InChI=1S/C13H9BrFN3/c1-7-17-12(8-2-4-9(15)5-3-8)11-10(14)6-16-13(11)18-7/h2-6H,1H3,(H,16,17,18). The Morgan fingerprint density at radius 3 is 2.61 bits per heavy atom. The quantitative estimate of drug-likeness (QED) is 0.742. The molecule has 0 radical (unpaired) electrons. The smallest absolute Gasteiger partial charge is 0.142 e. The zero-order valence-corrected chi connectivity index (χ0v) is 11.1. The van der Waals surface area contributed by atoms with Crippen molar-refractivity contribution in [2.24, 2.45) is 0 Å². The molecule has 0 amide bonds. The molecule has 0 unspecified atom stereocenters. The molecule has 0 saturated carbocycles. The molecule has 3 aromatic rings. The van der Waals surface area contributed by atoms with Gasteiger partial charge in [0.1, 0.15) is 17.3 Å². The van der Waals surface area contributed by atoms with Crippen molar-refractivity contribution in [1.29, 1.82) is 0 Å². The van der Waals surface area contributed by atoms with Crippen LogP contribution in [0.5, 0.6) is 0 Å². The Kier molecular flexibility index (Phi) is 2.63. The van der Waals surface area contributed by atoms with E-state index in [0.717, 1.165) is 26.8 Å². The zero-order valence-electron chi connectivity index (χ0n) is 9.54. The minimum atomic E-state index is -0.256. The Balaban J connectivity index is 2.33. The van der Waals surface area contributed by atoms with Gasteiger partial charge in [-0.2, -0.15) is 0 Å². The molecule has 0 fully saturated rings. The number of nitrogens with zero attached hydrogens (tertiary/aromatic N) is 2. The summed E-state index contributed by atoms with van der Waals surface area (Å²) in [5.74, 6) is 0.421. The van der Waals surface area contributed by atoms with E-state index < -0.39 is 0 Å². The number of nitrogens with one attached hydrogen (secondary N) is 1. The molecule has 1 aromatic carbocycles. The molecule has 1 N–H and O–H groups in total. The normalized spacial score (nSPS) is 11.1. The first-order valence-corrected chi connectivity index (χ1v) is 6.21. The molecule has 3 nitrogen and oxygen atoms in total. The van der Waals surface area contributed by atoms with Gasteiger partial charge in [0.2, 0.25) is 0 Å². The molecule has 0 bridgehead atoms. The number of hydrogen-bond acceptors (Lipinski definition) is 2. The number of aryl methyl sites for hydroxylation is 1. The summed E-state index contributed by atoms with van der Waals surface area (Å²) in [7, 11) is 0. The van der Waals surface area contributed by atoms with Gasteiger partial charge in [0, 0.05) is 16.2 Å². The average Bonchev–Trinajstić information content (AvgIpc) is 2.71. The van der Waals surface area contributed by atoms with E-state index in [4.69, 9.17) is 0 Å². The molecule has 3 rings (SSSR count). The molecule has 2 heterocycles. The molecule has 0 saturated heterocycles. The van der Waals surface area contributed by atoms with Crippen molar-refractivity contribution in [2.45, 2.75) is 6.92 Å². The van der Waals surface area contributed by atoms with Gasteiger partial charge >= 0.3 is 0 Å². The summed E-state index contributed by atoms with van der Waals surface area (Å²) in [6.07, 6.45) is 1.83. The van der Waals surface area contributed by atoms with Gasteiger partial charge in [0.15, 0.2) is 0 Å². The Bertz CT molecular complexity index is 719. The summed E-state index contributed by atoms with van der Waals surface area (Å²) >= 11 is 3.47. The van der Waals surface area contributed by atoms with E-state index in [1.54, 1.807) is 12.1 Å². The predicted molar refractivity (Wildman–Crippen MR) is 71.7 cm³/mol. The third-order valence-electron chi connectivity index (χ3n) is 2.71. The van der Waals surface area contributed by atoms with Crippen LogP contribution in [0.4, 0.5) is 4.39 Å². The van der Waals surface area contributed by atoms with Gasteiger partial charge in [0.05, 0.1) is 11.1 Å². The summed E-state index contributed by atoms with van der Waals surface area (Å²) in [6.45, 7) is 1.83. The lowest BCUT2D eigenvalue weighted by molar-refractivity contribution is 0.628. The Labute approximate surface area is 111 Å². The van der Waals surface area contributed by atoms with Crippen LogP contribution in [-0.2, 0) is 0 Å². The minimum absolute atomic E-state index is 0.256. The van der Waals surface area contributed by atoms with E-state index in [9.17, 15) is 4.39 Å². The Morgan fingerprint density at radius 2 is 1.89 bits per heavy atom. The molecule has 5 heteroatoms. The Hall–Kier alpha value is -1.75. The molecule has 0 aliphatic carbocycles. The van der Waals surface area contributed by atoms with Gasteiger partial charge < -0.3 is 4.98 Å². The van der Waals surface area contributed by atoms with Crippen LogP contribution in [0, 0.1) is 12.7 Å². The number of hydrogen-bond donors (Lipinski definition) is 1. The maximum atomic E-state index is 13.0. The molecular weight excluding hydrogens is 297 g/mol. The van der Waals surface area contributed by atoms with E-state index in [1.165, 1.54) is 12.1 Å². The zero-order chi connectivity index (χ0) is 12.7. The van der Waals surface area contributed by atoms with Crippen LogP contribution in [0.3, 0.4) is 0 Å². The molecule has 90 valence electrons. The Morgan fingerprint density at radius 1 is 1.17 bits per heavy atom. The SMILES string of the molecule is Cc1nc(-c2ccc(F)cc2)c2c(Br)c[nH]c2n1. The van der Waals surface area contributed by atoms with Crippen LogP contribution in [0.15, 0.2) is 34.9 Å². The summed E-state index contributed by atoms with van der Waals surface area (Å²) in [4.78, 5) is 11.9. The third-order valence-corrected chi connectivity index (χ3v) is 3.34. The van der Waals surface area contributed by atoms with Crippen LogP contribution < -0.4 is 0 Å². The number of fused-ring (bicyclic) bond motifs is 1. The van der Waals surface area contributed by atoms with E-state index in [0.29, 0.717) is 5.82 Å². The van der Waals surface area contributed by atoms with E-state index >= 15 is 0 Å². The molecule has 0 spiro atoms. The molecular formula is C13H9BrFN3. The van der Waals surface area contributed by atoms with Crippen LogP contribution in [-0.4, -0.2) is 15.0 Å².